The number of aryl methyl sites for hydroxylation is 2. The second-order valence-electron chi connectivity index (χ2n) is 9.54. The van der Waals surface area contributed by atoms with Gasteiger partial charge >= 0.3 is 6.03 Å². The van der Waals surface area contributed by atoms with Crippen LogP contribution in [0.15, 0.2) is 30.3 Å². The lowest BCUT2D eigenvalue weighted by molar-refractivity contribution is -0.132. The molecule has 0 radical (unpaired) electrons. The first-order valence-electron chi connectivity index (χ1n) is 11.7. The number of nitrogens with zero attached hydrogens (tertiary/aromatic N) is 2. The Labute approximate surface area is 195 Å². The Morgan fingerprint density at radius 1 is 1.15 bits per heavy atom. The number of amides is 3. The van der Waals surface area contributed by atoms with Gasteiger partial charge in [-0.1, -0.05) is 19.1 Å². The molecule has 4 rings (SSSR count). The maximum atomic E-state index is 13.1. The summed E-state index contributed by atoms with van der Waals surface area (Å²) in [4.78, 5) is 40.0. The van der Waals surface area contributed by atoms with Crippen LogP contribution < -0.4 is 10.1 Å². The summed E-state index contributed by atoms with van der Waals surface area (Å²) in [6.07, 6.45) is 3.92. The Kier molecular flexibility index (Phi) is 6.32. The number of imide groups is 1. The minimum atomic E-state index is -0.820. The molecular weight excluding hydrogens is 418 g/mol. The van der Waals surface area contributed by atoms with Crippen molar-refractivity contribution in [3.63, 3.8) is 0 Å². The monoisotopic (exact) mass is 451 g/mol. The molecule has 3 amide bonds. The number of hydrogen-bond donors (Lipinski definition) is 1. The zero-order chi connectivity index (χ0) is 23.8. The highest BCUT2D eigenvalue weighted by molar-refractivity contribution is 6.11. The zero-order valence-corrected chi connectivity index (χ0v) is 19.9. The number of nitrogens with one attached hydrogen (secondary N) is 1. The van der Waals surface area contributed by atoms with E-state index in [1.165, 1.54) is 5.56 Å². The van der Waals surface area contributed by atoms with Crippen LogP contribution in [0.4, 0.5) is 4.79 Å². The highest BCUT2D eigenvalue weighted by atomic mass is 16.5. The number of urea groups is 1. The predicted molar refractivity (Wildman–Crippen MR) is 126 cm³/mol. The Hall–Kier alpha value is -3.09. The number of hydrogen-bond acceptors (Lipinski definition) is 4. The molecule has 1 aromatic carbocycles. The maximum absolute atomic E-state index is 13.1. The van der Waals surface area contributed by atoms with Gasteiger partial charge in [-0.05, 0) is 75.6 Å². The average Bonchev–Trinajstić information content (AvgIpc) is 3.22. The number of carbonyl (C=O) groups excluding carboxylic acids is 3. The summed E-state index contributed by atoms with van der Waals surface area (Å²) >= 11 is 0. The Bertz CT molecular complexity index is 1060. The highest BCUT2D eigenvalue weighted by Crippen LogP contribution is 2.36. The Balaban J connectivity index is 1.44. The molecule has 1 saturated carbocycles. The summed E-state index contributed by atoms with van der Waals surface area (Å²) in [6.45, 7) is 6.58. The molecule has 2 aliphatic rings. The van der Waals surface area contributed by atoms with Gasteiger partial charge in [-0.2, -0.15) is 0 Å². The van der Waals surface area contributed by atoms with Crippen molar-refractivity contribution in [3.05, 3.63) is 52.8 Å². The average molecular weight is 452 g/mol. The van der Waals surface area contributed by atoms with Crippen LogP contribution in [0.3, 0.4) is 0 Å². The minimum absolute atomic E-state index is 0.205. The lowest BCUT2D eigenvalue weighted by atomic mass is 9.77. The van der Waals surface area contributed by atoms with E-state index in [0.717, 1.165) is 47.8 Å². The molecule has 2 heterocycles. The van der Waals surface area contributed by atoms with Gasteiger partial charge in [-0.25, -0.2) is 4.79 Å². The number of carbonyl (C=O) groups is 3. The fraction of sp³-hybridized carbons (Fsp3) is 0.500. The first-order valence-corrected chi connectivity index (χ1v) is 11.7. The van der Waals surface area contributed by atoms with Crippen LogP contribution in [-0.2, 0) is 17.8 Å². The Morgan fingerprint density at radius 2 is 1.82 bits per heavy atom. The van der Waals surface area contributed by atoms with Crippen molar-refractivity contribution >= 4 is 17.7 Å². The molecule has 1 aliphatic carbocycles. The SMILES string of the molecule is COc1ccc(CCn2c(C)cc(C(=O)CN3C(=O)NC4(CCC(C)CC4)C3=O)c2C)cc1. The third-order valence-electron chi connectivity index (χ3n) is 7.33. The maximum Gasteiger partial charge on any atom is 0.325 e. The van der Waals surface area contributed by atoms with Crippen molar-refractivity contribution in [1.82, 2.24) is 14.8 Å². The van der Waals surface area contributed by atoms with Gasteiger partial charge in [-0.15, -0.1) is 0 Å². The second-order valence-corrected chi connectivity index (χ2v) is 9.54. The largest absolute Gasteiger partial charge is 0.497 e. The standard InChI is InChI=1S/C26H33N3O4/c1-17-9-12-26(13-10-17)24(31)29(25(32)27-26)16-23(30)22-15-18(2)28(19(22)3)14-11-20-5-7-21(33-4)8-6-20/h5-8,15,17H,9-14,16H2,1-4H3,(H,27,32). The molecule has 33 heavy (non-hydrogen) atoms. The van der Waals surface area contributed by atoms with Gasteiger partial charge in [0.15, 0.2) is 5.78 Å². The third-order valence-corrected chi connectivity index (χ3v) is 7.33. The van der Waals surface area contributed by atoms with Crippen molar-refractivity contribution in [1.29, 1.82) is 0 Å². The molecule has 1 saturated heterocycles. The van der Waals surface area contributed by atoms with Crippen molar-refractivity contribution in [2.45, 2.75) is 65.0 Å². The molecule has 1 spiro atoms. The molecule has 7 heteroatoms. The van der Waals surface area contributed by atoms with Gasteiger partial charge in [0.05, 0.1) is 13.7 Å². The molecule has 7 nitrogen and oxygen atoms in total. The Morgan fingerprint density at radius 3 is 2.45 bits per heavy atom. The predicted octanol–water partition coefficient (Wildman–Crippen LogP) is 4.04. The van der Waals surface area contributed by atoms with Crippen LogP contribution in [0.2, 0.25) is 0 Å². The number of Topliss-reactive ketones (excluding diaryl/α,β-unsaturated/α-hetero) is 1. The van der Waals surface area contributed by atoms with Gasteiger partial charge in [-0.3, -0.25) is 14.5 Å². The molecule has 2 aromatic rings. The molecule has 0 atom stereocenters. The van der Waals surface area contributed by atoms with E-state index in [1.807, 2.05) is 44.2 Å². The van der Waals surface area contributed by atoms with E-state index in [0.29, 0.717) is 24.3 Å². The smallest absolute Gasteiger partial charge is 0.325 e. The first kappa shape index (κ1) is 23.1. The summed E-state index contributed by atoms with van der Waals surface area (Å²) in [7, 11) is 1.65. The molecule has 1 N–H and O–H groups in total. The lowest BCUT2D eigenvalue weighted by Crippen LogP contribution is -2.49. The second kappa shape index (κ2) is 9.04. The van der Waals surface area contributed by atoms with Crippen molar-refractivity contribution < 1.29 is 19.1 Å². The summed E-state index contributed by atoms with van der Waals surface area (Å²) in [6, 6.07) is 9.38. The number of aromatic nitrogens is 1. The number of rotatable bonds is 7. The molecule has 1 aromatic heterocycles. The fourth-order valence-electron chi connectivity index (χ4n) is 5.10. The number of ketones is 1. The lowest BCUT2D eigenvalue weighted by Gasteiger charge is -2.33. The van der Waals surface area contributed by atoms with E-state index in [9.17, 15) is 14.4 Å². The van der Waals surface area contributed by atoms with Crippen LogP contribution in [0.1, 0.15) is 59.9 Å². The van der Waals surface area contributed by atoms with E-state index in [1.54, 1.807) is 7.11 Å². The fourth-order valence-corrected chi connectivity index (χ4v) is 5.10. The molecule has 0 unspecified atom stereocenters. The summed E-state index contributed by atoms with van der Waals surface area (Å²) in [5.41, 5.74) is 2.78. The van der Waals surface area contributed by atoms with Crippen LogP contribution >= 0.6 is 0 Å². The molecular formula is C26H33N3O4. The molecule has 2 fully saturated rings. The van der Waals surface area contributed by atoms with Crippen LogP contribution in [0, 0.1) is 19.8 Å². The minimum Gasteiger partial charge on any atom is -0.497 e. The van der Waals surface area contributed by atoms with E-state index >= 15 is 0 Å². The van der Waals surface area contributed by atoms with Gasteiger partial charge in [0.25, 0.3) is 5.91 Å². The normalized spacial score (nSPS) is 22.7. The quantitative estimate of drug-likeness (QED) is 0.509. The van der Waals surface area contributed by atoms with Crippen LogP contribution in [0.5, 0.6) is 5.75 Å². The van der Waals surface area contributed by atoms with E-state index in [-0.39, 0.29) is 18.2 Å². The molecule has 1 aliphatic heterocycles. The summed E-state index contributed by atoms with van der Waals surface area (Å²) < 4.78 is 7.33. The van der Waals surface area contributed by atoms with Gasteiger partial charge in [0.2, 0.25) is 0 Å². The topological polar surface area (TPSA) is 80.6 Å². The van der Waals surface area contributed by atoms with Crippen LogP contribution in [0.25, 0.3) is 0 Å². The van der Waals surface area contributed by atoms with Gasteiger partial charge in [0.1, 0.15) is 11.3 Å². The van der Waals surface area contributed by atoms with E-state index in [2.05, 4.69) is 16.8 Å². The number of methoxy groups -OCH3 is 1. The molecule has 176 valence electrons. The van der Waals surface area contributed by atoms with E-state index in [4.69, 9.17) is 4.74 Å². The van der Waals surface area contributed by atoms with Crippen LogP contribution in [-0.4, -0.2) is 46.4 Å². The van der Waals surface area contributed by atoms with E-state index < -0.39 is 11.6 Å². The van der Waals surface area contributed by atoms with Crippen molar-refractivity contribution in [2.24, 2.45) is 5.92 Å². The first-order chi connectivity index (χ1) is 15.7. The van der Waals surface area contributed by atoms with Gasteiger partial charge in [0, 0.05) is 23.5 Å². The number of benzene rings is 1. The number of ether oxygens (including phenoxy) is 1. The summed E-state index contributed by atoms with van der Waals surface area (Å²) in [5.74, 6) is 0.925. The summed E-state index contributed by atoms with van der Waals surface area (Å²) in [5, 5.41) is 2.90. The van der Waals surface area contributed by atoms with Crippen molar-refractivity contribution in [3.8, 4) is 5.75 Å². The zero-order valence-electron chi connectivity index (χ0n) is 19.9. The third kappa shape index (κ3) is 4.41. The van der Waals surface area contributed by atoms with Gasteiger partial charge < -0.3 is 14.6 Å². The van der Waals surface area contributed by atoms with Crippen molar-refractivity contribution in [2.75, 3.05) is 13.7 Å². The highest BCUT2D eigenvalue weighted by Gasteiger charge is 2.52. The molecule has 0 bridgehead atoms.